The van der Waals surface area contributed by atoms with Crippen LogP contribution in [0.5, 0.6) is 0 Å². The number of halogens is 3. The molecule has 0 aliphatic rings. The number of hydrogen-bond donors (Lipinski definition) is 0. The summed E-state index contributed by atoms with van der Waals surface area (Å²) >= 11 is 1.21. The van der Waals surface area contributed by atoms with Crippen LogP contribution in [0.2, 0.25) is 0 Å². The summed E-state index contributed by atoms with van der Waals surface area (Å²) in [5.74, 6) is 0. The van der Waals surface area contributed by atoms with E-state index in [-0.39, 0.29) is 0 Å². The van der Waals surface area contributed by atoms with Crippen LogP contribution in [-0.2, 0) is 16.2 Å². The summed E-state index contributed by atoms with van der Waals surface area (Å²) < 4.78 is 64.5. The normalized spacial score (nSPS) is 13.5. The molecule has 8 heteroatoms. The first kappa shape index (κ1) is 18.5. The Balaban J connectivity index is 1.93. The van der Waals surface area contributed by atoms with Crippen molar-refractivity contribution < 1.29 is 21.6 Å². The summed E-state index contributed by atoms with van der Waals surface area (Å²) in [6.07, 6.45) is -0.165. The standard InChI is InChI=1S/C18H14F3NO2S2/c1-2-17(26(23,24)22-11-3-4-12-22)16-10-9-15(25-16)13-5-7-14(8-6-13)18(19,20)21/h2-12,17H,1H2. The minimum atomic E-state index is -4.39. The molecule has 1 atom stereocenters. The van der Waals surface area contributed by atoms with Crippen LogP contribution in [0.1, 0.15) is 15.7 Å². The second-order valence-corrected chi connectivity index (χ2v) is 8.57. The molecule has 26 heavy (non-hydrogen) atoms. The number of nitrogens with zero attached hydrogens (tertiary/aromatic N) is 1. The van der Waals surface area contributed by atoms with Crippen molar-refractivity contribution in [3.63, 3.8) is 0 Å². The monoisotopic (exact) mass is 397 g/mol. The highest BCUT2D eigenvalue weighted by molar-refractivity contribution is 7.90. The first-order valence-electron chi connectivity index (χ1n) is 7.51. The molecular weight excluding hydrogens is 383 g/mol. The summed E-state index contributed by atoms with van der Waals surface area (Å²) in [5, 5.41) is -0.942. The van der Waals surface area contributed by atoms with E-state index >= 15 is 0 Å². The van der Waals surface area contributed by atoms with E-state index in [9.17, 15) is 21.6 Å². The van der Waals surface area contributed by atoms with Gasteiger partial charge < -0.3 is 0 Å². The number of alkyl halides is 3. The predicted octanol–water partition coefficient (Wildman–Crippen LogP) is 5.34. The van der Waals surface area contributed by atoms with Crippen molar-refractivity contribution >= 4 is 21.4 Å². The summed E-state index contributed by atoms with van der Waals surface area (Å²) in [7, 11) is -3.70. The Labute approximate surface area is 153 Å². The van der Waals surface area contributed by atoms with E-state index in [0.29, 0.717) is 15.3 Å². The highest BCUT2D eigenvalue weighted by Gasteiger charge is 2.30. The second-order valence-electron chi connectivity index (χ2n) is 5.49. The molecule has 2 aromatic heterocycles. The highest BCUT2D eigenvalue weighted by Crippen LogP contribution is 2.37. The van der Waals surface area contributed by atoms with Gasteiger partial charge in [-0.15, -0.1) is 17.9 Å². The van der Waals surface area contributed by atoms with Gasteiger partial charge in [-0.05, 0) is 42.0 Å². The largest absolute Gasteiger partial charge is 0.416 e. The fourth-order valence-electron chi connectivity index (χ4n) is 2.49. The molecule has 0 aliphatic heterocycles. The van der Waals surface area contributed by atoms with Gasteiger partial charge in [0.25, 0.3) is 0 Å². The Morgan fingerprint density at radius 2 is 1.65 bits per heavy atom. The lowest BCUT2D eigenvalue weighted by molar-refractivity contribution is -0.137. The van der Waals surface area contributed by atoms with Gasteiger partial charge in [-0.2, -0.15) is 13.2 Å². The van der Waals surface area contributed by atoms with Gasteiger partial charge in [-0.25, -0.2) is 8.42 Å². The van der Waals surface area contributed by atoms with Crippen molar-refractivity contribution in [2.75, 3.05) is 0 Å². The summed E-state index contributed by atoms with van der Waals surface area (Å²) in [5.41, 5.74) is -0.132. The summed E-state index contributed by atoms with van der Waals surface area (Å²) in [6, 6.07) is 11.4. The van der Waals surface area contributed by atoms with Gasteiger partial charge in [0, 0.05) is 22.1 Å². The Morgan fingerprint density at radius 1 is 1.04 bits per heavy atom. The SMILES string of the molecule is C=CC(c1ccc(-c2ccc(C(F)(F)F)cc2)s1)S(=O)(=O)n1cccc1. The lowest BCUT2D eigenvalue weighted by Gasteiger charge is -2.13. The molecule has 0 radical (unpaired) electrons. The first-order chi connectivity index (χ1) is 12.2. The van der Waals surface area contributed by atoms with E-state index in [1.165, 1.54) is 41.9 Å². The molecule has 0 spiro atoms. The van der Waals surface area contributed by atoms with Crippen molar-refractivity contribution in [1.29, 1.82) is 0 Å². The molecule has 0 fully saturated rings. The lowest BCUT2D eigenvalue weighted by atomic mass is 10.1. The quantitative estimate of drug-likeness (QED) is 0.545. The average molecular weight is 397 g/mol. The van der Waals surface area contributed by atoms with Crippen LogP contribution in [0.3, 0.4) is 0 Å². The second kappa shape index (κ2) is 6.77. The molecule has 0 amide bonds. The lowest BCUT2D eigenvalue weighted by Crippen LogP contribution is -2.17. The molecule has 0 N–H and O–H groups in total. The number of rotatable bonds is 5. The minimum Gasteiger partial charge on any atom is -0.252 e. The molecule has 0 saturated heterocycles. The molecule has 0 bridgehead atoms. The molecule has 136 valence electrons. The summed E-state index contributed by atoms with van der Waals surface area (Å²) in [6.45, 7) is 3.62. The van der Waals surface area contributed by atoms with E-state index in [0.717, 1.165) is 16.1 Å². The number of benzene rings is 1. The molecule has 3 aromatic rings. The molecule has 0 saturated carbocycles. The molecule has 2 heterocycles. The van der Waals surface area contributed by atoms with Crippen LogP contribution in [-0.4, -0.2) is 12.4 Å². The van der Waals surface area contributed by atoms with Crippen molar-refractivity contribution in [2.45, 2.75) is 11.4 Å². The number of hydrogen-bond acceptors (Lipinski definition) is 3. The Morgan fingerprint density at radius 3 is 2.19 bits per heavy atom. The van der Waals surface area contributed by atoms with Crippen molar-refractivity contribution in [1.82, 2.24) is 3.97 Å². The maximum atomic E-state index is 12.7. The topological polar surface area (TPSA) is 39.1 Å². The van der Waals surface area contributed by atoms with E-state index < -0.39 is 27.0 Å². The maximum absolute atomic E-state index is 12.7. The van der Waals surface area contributed by atoms with Gasteiger partial charge in [0.15, 0.2) is 0 Å². The van der Waals surface area contributed by atoms with Gasteiger partial charge in [0.1, 0.15) is 5.25 Å². The third-order valence-corrected chi connectivity index (χ3v) is 7.10. The molecule has 1 unspecified atom stereocenters. The number of thiophene rings is 1. The fourth-order valence-corrected chi connectivity index (χ4v) is 5.35. The van der Waals surface area contributed by atoms with Gasteiger partial charge in [-0.3, -0.25) is 3.97 Å². The van der Waals surface area contributed by atoms with Crippen LogP contribution in [0.25, 0.3) is 10.4 Å². The zero-order chi connectivity index (χ0) is 18.9. The molecule has 3 nitrogen and oxygen atoms in total. The van der Waals surface area contributed by atoms with Crippen LogP contribution in [0.4, 0.5) is 13.2 Å². The zero-order valence-corrected chi connectivity index (χ0v) is 15.0. The van der Waals surface area contributed by atoms with E-state index in [2.05, 4.69) is 6.58 Å². The average Bonchev–Trinajstić information content (AvgIpc) is 3.27. The van der Waals surface area contributed by atoms with Crippen molar-refractivity contribution in [2.24, 2.45) is 0 Å². The third kappa shape index (κ3) is 3.47. The fraction of sp³-hybridized carbons (Fsp3) is 0.111. The van der Waals surface area contributed by atoms with Crippen molar-refractivity contribution in [3.8, 4) is 10.4 Å². The van der Waals surface area contributed by atoms with Crippen LogP contribution < -0.4 is 0 Å². The van der Waals surface area contributed by atoms with Crippen LogP contribution in [0.15, 0.2) is 73.6 Å². The Bertz CT molecular complexity index is 1000. The van der Waals surface area contributed by atoms with Gasteiger partial charge >= 0.3 is 6.18 Å². The molecule has 3 rings (SSSR count). The molecule has 1 aromatic carbocycles. The Kier molecular flexibility index (Phi) is 4.81. The van der Waals surface area contributed by atoms with E-state index in [4.69, 9.17) is 0 Å². The predicted molar refractivity (Wildman–Crippen MR) is 96.4 cm³/mol. The Hall–Kier alpha value is -2.32. The van der Waals surface area contributed by atoms with E-state index in [1.807, 2.05) is 0 Å². The number of aromatic nitrogens is 1. The van der Waals surface area contributed by atoms with Gasteiger partial charge in [0.05, 0.1) is 5.56 Å². The van der Waals surface area contributed by atoms with Crippen LogP contribution >= 0.6 is 11.3 Å². The zero-order valence-electron chi connectivity index (χ0n) is 13.3. The van der Waals surface area contributed by atoms with Gasteiger partial charge in [-0.1, -0.05) is 18.2 Å². The molecular formula is C18H14F3NO2S2. The highest BCUT2D eigenvalue weighted by atomic mass is 32.2. The first-order valence-corrected chi connectivity index (χ1v) is 9.83. The van der Waals surface area contributed by atoms with E-state index in [1.54, 1.807) is 24.3 Å². The molecule has 0 aliphatic carbocycles. The van der Waals surface area contributed by atoms with Crippen LogP contribution in [0, 0.1) is 0 Å². The van der Waals surface area contributed by atoms with Gasteiger partial charge in [0.2, 0.25) is 10.0 Å². The third-order valence-electron chi connectivity index (χ3n) is 3.81. The maximum Gasteiger partial charge on any atom is 0.416 e. The smallest absolute Gasteiger partial charge is 0.252 e. The summed E-state index contributed by atoms with van der Waals surface area (Å²) in [4.78, 5) is 1.23. The van der Waals surface area contributed by atoms with Crippen molar-refractivity contribution in [3.05, 3.63) is 84.0 Å². The minimum absolute atomic E-state index is 0.545.